The molecule has 5 nitrogen and oxygen atoms in total. The Bertz CT molecular complexity index is 786. The van der Waals surface area contributed by atoms with Gasteiger partial charge in [0, 0.05) is 35.3 Å². The van der Waals surface area contributed by atoms with Crippen LogP contribution >= 0.6 is 11.6 Å². The van der Waals surface area contributed by atoms with E-state index in [1.165, 1.54) is 12.5 Å². The summed E-state index contributed by atoms with van der Waals surface area (Å²) in [6.07, 6.45) is 2.10. The lowest BCUT2D eigenvalue weighted by molar-refractivity contribution is -0.114. The van der Waals surface area contributed by atoms with Gasteiger partial charge in [-0.15, -0.1) is 0 Å². The zero-order valence-corrected chi connectivity index (χ0v) is 14.7. The smallest absolute Gasteiger partial charge is 0.319 e. The number of carbonyl (C=O) groups is 2. The van der Waals surface area contributed by atoms with Gasteiger partial charge in [0.15, 0.2) is 0 Å². The first-order chi connectivity index (χ1) is 12.0. The van der Waals surface area contributed by atoms with Crippen LogP contribution in [0.1, 0.15) is 25.3 Å². The summed E-state index contributed by atoms with van der Waals surface area (Å²) in [5, 5.41) is 9.13. The Morgan fingerprint density at radius 1 is 1.04 bits per heavy atom. The van der Waals surface area contributed by atoms with E-state index in [0.29, 0.717) is 22.9 Å². The number of rotatable bonds is 5. The van der Waals surface area contributed by atoms with Crippen LogP contribution < -0.4 is 16.0 Å². The summed E-state index contributed by atoms with van der Waals surface area (Å²) in [5.41, 5.74) is 2.48. The van der Waals surface area contributed by atoms with E-state index in [4.69, 9.17) is 11.6 Å². The highest BCUT2D eigenvalue weighted by molar-refractivity contribution is 6.30. The van der Waals surface area contributed by atoms with Crippen molar-refractivity contribution >= 4 is 34.9 Å². The van der Waals surface area contributed by atoms with Crippen LogP contribution in [-0.2, 0) is 10.2 Å². The van der Waals surface area contributed by atoms with Crippen LogP contribution in [0, 0.1) is 0 Å². The third-order valence-electron chi connectivity index (χ3n) is 4.34. The third kappa shape index (κ3) is 4.51. The highest BCUT2D eigenvalue weighted by Crippen LogP contribution is 2.47. The molecule has 1 aliphatic rings. The van der Waals surface area contributed by atoms with Crippen molar-refractivity contribution in [3.63, 3.8) is 0 Å². The molecule has 0 aliphatic heterocycles. The molecule has 0 aromatic heterocycles. The van der Waals surface area contributed by atoms with Crippen LogP contribution in [0.5, 0.6) is 0 Å². The van der Waals surface area contributed by atoms with E-state index in [9.17, 15) is 9.59 Å². The maximum atomic E-state index is 12.2. The van der Waals surface area contributed by atoms with Gasteiger partial charge >= 0.3 is 6.03 Å². The first kappa shape index (κ1) is 17.3. The Hall–Kier alpha value is -2.53. The van der Waals surface area contributed by atoms with Crippen molar-refractivity contribution in [2.45, 2.75) is 25.2 Å². The highest BCUT2D eigenvalue weighted by Gasteiger charge is 2.44. The molecule has 1 aliphatic carbocycles. The Morgan fingerprint density at radius 2 is 1.68 bits per heavy atom. The molecule has 25 heavy (non-hydrogen) atoms. The highest BCUT2D eigenvalue weighted by atomic mass is 35.5. The molecule has 0 bridgehead atoms. The Labute approximate surface area is 151 Å². The zero-order valence-electron chi connectivity index (χ0n) is 13.9. The molecule has 3 rings (SSSR count). The van der Waals surface area contributed by atoms with Crippen molar-refractivity contribution in [2.24, 2.45) is 0 Å². The number of benzene rings is 2. The normalized spacial score (nSPS) is 14.5. The predicted molar refractivity (Wildman–Crippen MR) is 100 cm³/mol. The number of hydrogen-bond acceptors (Lipinski definition) is 2. The Kier molecular flexibility index (Phi) is 4.95. The molecule has 130 valence electrons. The Balaban J connectivity index is 1.56. The lowest BCUT2D eigenvalue weighted by atomic mass is 9.96. The van der Waals surface area contributed by atoms with Gasteiger partial charge in [0.2, 0.25) is 5.91 Å². The average molecular weight is 358 g/mol. The largest absolute Gasteiger partial charge is 0.337 e. The van der Waals surface area contributed by atoms with Gasteiger partial charge in [0.05, 0.1) is 0 Å². The summed E-state index contributed by atoms with van der Waals surface area (Å²) in [6.45, 7) is 2.02. The molecular formula is C19H20ClN3O2. The standard InChI is InChI=1S/C19H20ClN3O2/c1-13(24)22-16-3-2-4-17(11-16)23-18(25)21-12-19(9-10-19)14-5-7-15(20)8-6-14/h2-8,11H,9-10,12H2,1H3,(H,22,24)(H2,21,23,25). The van der Waals surface area contributed by atoms with Gasteiger partial charge in [-0.05, 0) is 48.7 Å². The summed E-state index contributed by atoms with van der Waals surface area (Å²) < 4.78 is 0. The van der Waals surface area contributed by atoms with Crippen LogP contribution in [0.3, 0.4) is 0 Å². The summed E-state index contributed by atoms with van der Waals surface area (Å²) in [7, 11) is 0. The van der Waals surface area contributed by atoms with Crippen molar-refractivity contribution in [2.75, 3.05) is 17.2 Å². The van der Waals surface area contributed by atoms with Crippen molar-refractivity contribution in [1.29, 1.82) is 0 Å². The van der Waals surface area contributed by atoms with E-state index < -0.39 is 0 Å². The summed E-state index contributed by atoms with van der Waals surface area (Å²) in [6, 6.07) is 14.6. The first-order valence-electron chi connectivity index (χ1n) is 8.15. The Morgan fingerprint density at radius 3 is 2.28 bits per heavy atom. The number of urea groups is 1. The fourth-order valence-corrected chi connectivity index (χ4v) is 2.95. The van der Waals surface area contributed by atoms with Crippen LogP contribution in [-0.4, -0.2) is 18.5 Å². The minimum Gasteiger partial charge on any atom is -0.337 e. The van der Waals surface area contributed by atoms with E-state index in [-0.39, 0.29) is 17.4 Å². The molecule has 2 aromatic carbocycles. The van der Waals surface area contributed by atoms with Gasteiger partial charge in [0.1, 0.15) is 0 Å². The van der Waals surface area contributed by atoms with Gasteiger partial charge in [-0.3, -0.25) is 4.79 Å². The molecule has 0 atom stereocenters. The van der Waals surface area contributed by atoms with Crippen LogP contribution in [0.4, 0.5) is 16.2 Å². The third-order valence-corrected chi connectivity index (χ3v) is 4.59. The maximum absolute atomic E-state index is 12.2. The fraction of sp³-hybridized carbons (Fsp3) is 0.263. The quantitative estimate of drug-likeness (QED) is 0.752. The number of hydrogen-bond donors (Lipinski definition) is 3. The lowest BCUT2D eigenvalue weighted by Gasteiger charge is -2.17. The van der Waals surface area contributed by atoms with E-state index in [1.807, 2.05) is 24.3 Å². The van der Waals surface area contributed by atoms with E-state index in [0.717, 1.165) is 12.8 Å². The lowest BCUT2D eigenvalue weighted by Crippen LogP contribution is -2.35. The van der Waals surface area contributed by atoms with Crippen molar-refractivity contribution in [3.05, 3.63) is 59.1 Å². The molecule has 0 spiro atoms. The van der Waals surface area contributed by atoms with Crippen LogP contribution in [0.15, 0.2) is 48.5 Å². The van der Waals surface area contributed by atoms with Crippen molar-refractivity contribution in [1.82, 2.24) is 5.32 Å². The molecule has 6 heteroatoms. The SMILES string of the molecule is CC(=O)Nc1cccc(NC(=O)NCC2(c3ccc(Cl)cc3)CC2)c1. The van der Waals surface area contributed by atoms with Gasteiger partial charge in [-0.1, -0.05) is 29.8 Å². The first-order valence-corrected chi connectivity index (χ1v) is 8.53. The van der Waals surface area contributed by atoms with E-state index in [1.54, 1.807) is 24.3 Å². The molecule has 2 aromatic rings. The van der Waals surface area contributed by atoms with Gasteiger partial charge in [0.25, 0.3) is 0 Å². The molecule has 1 fully saturated rings. The van der Waals surface area contributed by atoms with Crippen LogP contribution in [0.2, 0.25) is 5.02 Å². The van der Waals surface area contributed by atoms with E-state index in [2.05, 4.69) is 16.0 Å². The minimum atomic E-state index is -0.264. The molecular weight excluding hydrogens is 338 g/mol. The number of nitrogens with one attached hydrogen (secondary N) is 3. The summed E-state index contributed by atoms with van der Waals surface area (Å²) in [5.74, 6) is -0.153. The predicted octanol–water partition coefficient (Wildman–Crippen LogP) is 4.15. The van der Waals surface area contributed by atoms with E-state index >= 15 is 0 Å². The van der Waals surface area contributed by atoms with Crippen LogP contribution in [0.25, 0.3) is 0 Å². The number of amides is 3. The summed E-state index contributed by atoms with van der Waals surface area (Å²) >= 11 is 5.94. The molecule has 3 N–H and O–H groups in total. The van der Waals surface area contributed by atoms with Crippen molar-refractivity contribution < 1.29 is 9.59 Å². The second-order valence-electron chi connectivity index (χ2n) is 6.36. The van der Waals surface area contributed by atoms with Crippen molar-refractivity contribution in [3.8, 4) is 0 Å². The molecule has 0 radical (unpaired) electrons. The topological polar surface area (TPSA) is 70.2 Å². The maximum Gasteiger partial charge on any atom is 0.319 e. The molecule has 0 saturated heterocycles. The van der Waals surface area contributed by atoms with Gasteiger partial charge < -0.3 is 16.0 Å². The van der Waals surface area contributed by atoms with Gasteiger partial charge in [-0.2, -0.15) is 0 Å². The minimum absolute atomic E-state index is 0.0139. The summed E-state index contributed by atoms with van der Waals surface area (Å²) in [4.78, 5) is 23.3. The molecule has 0 heterocycles. The molecule has 1 saturated carbocycles. The fourth-order valence-electron chi connectivity index (χ4n) is 2.82. The number of anilines is 2. The zero-order chi connectivity index (χ0) is 17.9. The molecule has 3 amide bonds. The molecule has 0 unspecified atom stereocenters. The second kappa shape index (κ2) is 7.15. The average Bonchev–Trinajstić information content (AvgIpc) is 3.34. The number of carbonyl (C=O) groups excluding carboxylic acids is 2. The monoisotopic (exact) mass is 357 g/mol. The number of halogens is 1. The van der Waals surface area contributed by atoms with Gasteiger partial charge in [-0.25, -0.2) is 4.79 Å². The second-order valence-corrected chi connectivity index (χ2v) is 6.79.